The quantitative estimate of drug-likeness (QED) is 0.744. The molecule has 2 atom stereocenters. The average Bonchev–Trinajstić information content (AvgIpc) is 2.43. The zero-order valence-electron chi connectivity index (χ0n) is 11.8. The van der Waals surface area contributed by atoms with E-state index < -0.39 is 0 Å². The first-order valence-electron chi connectivity index (χ1n) is 7.52. The summed E-state index contributed by atoms with van der Waals surface area (Å²) in [4.78, 5) is 5.38. The lowest BCUT2D eigenvalue weighted by Gasteiger charge is -2.46. The van der Waals surface area contributed by atoms with Crippen molar-refractivity contribution in [2.24, 2.45) is 5.73 Å². The van der Waals surface area contributed by atoms with Crippen molar-refractivity contribution in [1.82, 2.24) is 9.80 Å². The van der Waals surface area contributed by atoms with Crippen LogP contribution in [0.3, 0.4) is 0 Å². The number of rotatable bonds is 6. The highest BCUT2D eigenvalue weighted by Crippen LogP contribution is 2.23. The fraction of sp³-hybridized carbons (Fsp3) is 1.00. The summed E-state index contributed by atoms with van der Waals surface area (Å²) < 4.78 is 0. The molecule has 2 unspecified atom stereocenters. The van der Waals surface area contributed by atoms with Gasteiger partial charge in [0, 0.05) is 38.3 Å². The molecule has 3 nitrogen and oxygen atoms in total. The molecule has 106 valence electrons. The predicted molar refractivity (Wildman–Crippen MR) is 81.2 cm³/mol. The Labute approximate surface area is 116 Å². The molecular formula is C14H29N3S. The van der Waals surface area contributed by atoms with Crippen LogP contribution in [0.4, 0.5) is 0 Å². The smallest absolute Gasteiger partial charge is 0.0223 e. The fourth-order valence-corrected chi connectivity index (χ4v) is 3.88. The third-order valence-electron chi connectivity index (χ3n) is 4.54. The third kappa shape index (κ3) is 3.86. The van der Waals surface area contributed by atoms with Crippen molar-refractivity contribution in [1.29, 1.82) is 0 Å². The Morgan fingerprint density at radius 2 is 2.17 bits per heavy atom. The van der Waals surface area contributed by atoms with E-state index >= 15 is 0 Å². The lowest BCUT2D eigenvalue weighted by Crippen LogP contribution is -2.58. The first-order chi connectivity index (χ1) is 8.85. The molecule has 0 aromatic rings. The summed E-state index contributed by atoms with van der Waals surface area (Å²) in [6.45, 7) is 5.93. The second-order valence-electron chi connectivity index (χ2n) is 5.71. The Morgan fingerprint density at radius 1 is 1.28 bits per heavy atom. The van der Waals surface area contributed by atoms with E-state index in [2.05, 4.69) is 16.1 Å². The number of nitrogens with zero attached hydrogens (tertiary/aromatic N) is 2. The van der Waals surface area contributed by atoms with E-state index in [-0.39, 0.29) is 0 Å². The van der Waals surface area contributed by atoms with E-state index in [0.29, 0.717) is 6.04 Å². The molecule has 18 heavy (non-hydrogen) atoms. The number of hydrogen-bond acceptors (Lipinski definition) is 4. The van der Waals surface area contributed by atoms with Gasteiger partial charge in [0.2, 0.25) is 0 Å². The third-order valence-corrected chi connectivity index (χ3v) is 5.24. The van der Waals surface area contributed by atoms with E-state index in [1.165, 1.54) is 64.0 Å². The molecule has 2 N–H and O–H groups in total. The van der Waals surface area contributed by atoms with Gasteiger partial charge in [-0.3, -0.25) is 9.80 Å². The lowest BCUT2D eigenvalue weighted by atomic mass is 9.98. The molecule has 2 rings (SSSR count). The van der Waals surface area contributed by atoms with Crippen LogP contribution in [0.2, 0.25) is 0 Å². The normalized spacial score (nSPS) is 28.0. The Hall–Kier alpha value is 0.230. The number of nitrogens with two attached hydrogens (primary N) is 1. The van der Waals surface area contributed by atoms with Crippen molar-refractivity contribution in [3.63, 3.8) is 0 Å². The van der Waals surface area contributed by atoms with E-state index in [1.807, 2.05) is 11.8 Å². The molecule has 2 fully saturated rings. The second kappa shape index (κ2) is 7.73. The molecule has 0 saturated carbocycles. The van der Waals surface area contributed by atoms with Crippen molar-refractivity contribution in [2.45, 2.75) is 44.2 Å². The highest BCUT2D eigenvalue weighted by molar-refractivity contribution is 7.98. The maximum absolute atomic E-state index is 5.99. The molecule has 2 aliphatic heterocycles. The molecule has 0 bridgehead atoms. The minimum Gasteiger partial charge on any atom is -0.329 e. The SMILES string of the molecule is CSCCCC(CN)N1CCN2CCCCC2C1. The van der Waals surface area contributed by atoms with Crippen LogP contribution >= 0.6 is 11.8 Å². The number of fused-ring (bicyclic) bond motifs is 1. The van der Waals surface area contributed by atoms with Crippen molar-refractivity contribution in [2.75, 3.05) is 44.7 Å². The van der Waals surface area contributed by atoms with Crippen LogP contribution in [0, 0.1) is 0 Å². The topological polar surface area (TPSA) is 32.5 Å². The zero-order chi connectivity index (χ0) is 12.8. The predicted octanol–water partition coefficient (Wildman–Crippen LogP) is 1.63. The number of piperidine rings is 1. The van der Waals surface area contributed by atoms with E-state index in [0.717, 1.165) is 12.6 Å². The van der Waals surface area contributed by atoms with E-state index in [4.69, 9.17) is 5.73 Å². The molecule has 0 aromatic heterocycles. The summed E-state index contributed by atoms with van der Waals surface area (Å²) in [6, 6.07) is 1.45. The van der Waals surface area contributed by atoms with Gasteiger partial charge in [-0.1, -0.05) is 6.42 Å². The van der Waals surface area contributed by atoms with Crippen LogP contribution in [0.15, 0.2) is 0 Å². The Bertz CT molecular complexity index is 237. The monoisotopic (exact) mass is 271 g/mol. The fourth-order valence-electron chi connectivity index (χ4n) is 3.42. The summed E-state index contributed by atoms with van der Waals surface area (Å²) in [5.74, 6) is 1.28. The van der Waals surface area contributed by atoms with Crippen LogP contribution < -0.4 is 5.73 Å². The summed E-state index contributed by atoms with van der Waals surface area (Å²) in [5, 5.41) is 0. The molecule has 0 aliphatic carbocycles. The molecule has 2 aliphatic rings. The van der Waals surface area contributed by atoms with Crippen LogP contribution in [0.1, 0.15) is 32.1 Å². The van der Waals surface area contributed by atoms with Crippen LogP contribution in [0.5, 0.6) is 0 Å². The van der Waals surface area contributed by atoms with Gasteiger partial charge in [0.15, 0.2) is 0 Å². The molecule has 4 heteroatoms. The van der Waals surface area contributed by atoms with Gasteiger partial charge in [0.25, 0.3) is 0 Å². The van der Waals surface area contributed by atoms with Gasteiger partial charge in [-0.05, 0) is 44.2 Å². The maximum atomic E-state index is 5.99. The number of thioether (sulfide) groups is 1. The average molecular weight is 271 g/mol. The number of piperazine rings is 1. The Balaban J connectivity index is 1.80. The molecule has 2 heterocycles. The van der Waals surface area contributed by atoms with Gasteiger partial charge >= 0.3 is 0 Å². The van der Waals surface area contributed by atoms with Gasteiger partial charge in [-0.15, -0.1) is 0 Å². The van der Waals surface area contributed by atoms with Crippen molar-refractivity contribution in [3.8, 4) is 0 Å². The summed E-state index contributed by atoms with van der Waals surface area (Å²) >= 11 is 1.95. The number of hydrogen-bond donors (Lipinski definition) is 1. The Kier molecular flexibility index (Phi) is 6.29. The van der Waals surface area contributed by atoms with Crippen molar-refractivity contribution >= 4 is 11.8 Å². The van der Waals surface area contributed by atoms with E-state index in [1.54, 1.807) is 0 Å². The first-order valence-corrected chi connectivity index (χ1v) is 8.91. The molecule has 0 aromatic carbocycles. The summed E-state index contributed by atoms with van der Waals surface area (Å²) in [5.41, 5.74) is 5.99. The molecule has 0 amide bonds. The minimum absolute atomic E-state index is 0.626. The van der Waals surface area contributed by atoms with Crippen molar-refractivity contribution in [3.05, 3.63) is 0 Å². The van der Waals surface area contributed by atoms with Crippen molar-refractivity contribution < 1.29 is 0 Å². The first kappa shape index (κ1) is 14.6. The van der Waals surface area contributed by atoms with Gasteiger partial charge in [-0.2, -0.15) is 11.8 Å². The molecular weight excluding hydrogens is 242 g/mol. The molecule has 2 saturated heterocycles. The highest BCUT2D eigenvalue weighted by Gasteiger charge is 2.31. The van der Waals surface area contributed by atoms with Gasteiger partial charge in [0.05, 0.1) is 0 Å². The zero-order valence-corrected chi connectivity index (χ0v) is 12.6. The second-order valence-corrected chi connectivity index (χ2v) is 6.69. The standard InChI is InChI=1S/C14H29N3S/c1-18-10-4-6-13(11-15)17-9-8-16-7-3-2-5-14(16)12-17/h13-14H,2-12,15H2,1H3. The molecule has 0 radical (unpaired) electrons. The highest BCUT2D eigenvalue weighted by atomic mass is 32.2. The van der Waals surface area contributed by atoms with Crippen LogP contribution in [-0.2, 0) is 0 Å². The largest absolute Gasteiger partial charge is 0.329 e. The van der Waals surface area contributed by atoms with Crippen LogP contribution in [0.25, 0.3) is 0 Å². The summed E-state index contributed by atoms with van der Waals surface area (Å²) in [6.07, 6.45) is 9.02. The summed E-state index contributed by atoms with van der Waals surface area (Å²) in [7, 11) is 0. The van der Waals surface area contributed by atoms with Gasteiger partial charge in [-0.25, -0.2) is 0 Å². The van der Waals surface area contributed by atoms with Gasteiger partial charge < -0.3 is 5.73 Å². The maximum Gasteiger partial charge on any atom is 0.0223 e. The lowest BCUT2D eigenvalue weighted by molar-refractivity contribution is 0.0271. The van der Waals surface area contributed by atoms with E-state index in [9.17, 15) is 0 Å². The van der Waals surface area contributed by atoms with Gasteiger partial charge in [0.1, 0.15) is 0 Å². The molecule has 0 spiro atoms. The Morgan fingerprint density at radius 3 is 2.94 bits per heavy atom. The van der Waals surface area contributed by atoms with Crippen LogP contribution in [-0.4, -0.2) is 66.6 Å². The minimum atomic E-state index is 0.626.